The van der Waals surface area contributed by atoms with E-state index in [4.69, 9.17) is 0 Å². The minimum Gasteiger partial charge on any atom is -0.346 e. The number of rotatable bonds is 13. The Balaban J connectivity index is 1.42. The number of amides is 5. The molecule has 13 nitrogen and oxygen atoms in total. The lowest BCUT2D eigenvalue weighted by atomic mass is 9.65. The molecule has 272 valence electrons. The maximum absolute atomic E-state index is 15.0. The minimum absolute atomic E-state index is 0.0125. The van der Waals surface area contributed by atoms with E-state index < -0.39 is 58.6 Å². The summed E-state index contributed by atoms with van der Waals surface area (Å²) in [6.07, 6.45) is 12.3. The highest BCUT2D eigenvalue weighted by molar-refractivity contribution is 6.38. The van der Waals surface area contributed by atoms with Gasteiger partial charge in [0.05, 0.1) is 17.8 Å². The molecular formula is C37H53N7O6. The van der Waals surface area contributed by atoms with E-state index in [1.165, 1.54) is 24.7 Å². The van der Waals surface area contributed by atoms with Crippen LogP contribution in [-0.4, -0.2) is 97.9 Å². The van der Waals surface area contributed by atoms with Crippen LogP contribution in [0.3, 0.4) is 0 Å². The van der Waals surface area contributed by atoms with Gasteiger partial charge in [-0.05, 0) is 48.9 Å². The fourth-order valence-electron chi connectivity index (χ4n) is 8.02. The normalized spacial score (nSPS) is 24.3. The summed E-state index contributed by atoms with van der Waals surface area (Å²) < 4.78 is 0. The van der Waals surface area contributed by atoms with Crippen LogP contribution in [0.2, 0.25) is 0 Å². The van der Waals surface area contributed by atoms with E-state index in [1.54, 1.807) is 9.80 Å². The van der Waals surface area contributed by atoms with Crippen LogP contribution in [-0.2, 0) is 24.0 Å². The maximum Gasteiger partial charge on any atom is 0.289 e. The molecule has 2 aliphatic heterocycles. The molecule has 2 saturated carbocycles. The third-order valence-electron chi connectivity index (χ3n) is 11.0. The first-order valence-corrected chi connectivity index (χ1v) is 18.1. The summed E-state index contributed by atoms with van der Waals surface area (Å²) in [5.74, 6) is -2.69. The van der Waals surface area contributed by atoms with Gasteiger partial charge in [0, 0.05) is 25.5 Å². The molecular weight excluding hydrogens is 638 g/mol. The number of likely N-dealkylation sites (tertiary alicyclic amines) is 2. The molecule has 5 atom stereocenters. The number of hydrogen-bond donors (Lipinski definition) is 3. The summed E-state index contributed by atoms with van der Waals surface area (Å²) in [7, 11) is 0. The van der Waals surface area contributed by atoms with E-state index in [2.05, 4.69) is 46.3 Å². The van der Waals surface area contributed by atoms with E-state index >= 15 is 0 Å². The van der Waals surface area contributed by atoms with Gasteiger partial charge in [0.2, 0.25) is 23.5 Å². The lowest BCUT2D eigenvalue weighted by Crippen LogP contribution is -2.83. The summed E-state index contributed by atoms with van der Waals surface area (Å²) in [6.45, 7) is 13.9. The van der Waals surface area contributed by atoms with Crippen LogP contribution in [0.15, 0.2) is 31.2 Å². The van der Waals surface area contributed by atoms with Gasteiger partial charge in [-0.1, -0.05) is 72.8 Å². The highest BCUT2D eigenvalue weighted by Crippen LogP contribution is 2.49. The third-order valence-corrected chi connectivity index (χ3v) is 11.0. The molecule has 13 heteroatoms. The molecule has 1 aromatic heterocycles. The van der Waals surface area contributed by atoms with E-state index in [0.29, 0.717) is 32.2 Å². The van der Waals surface area contributed by atoms with Gasteiger partial charge in [-0.25, -0.2) is 4.98 Å². The topological polar surface area (TPSA) is 171 Å². The Morgan fingerprint density at radius 2 is 1.78 bits per heavy atom. The van der Waals surface area contributed by atoms with Crippen molar-refractivity contribution in [2.45, 2.75) is 122 Å². The van der Waals surface area contributed by atoms with Crippen molar-refractivity contribution in [2.75, 3.05) is 13.1 Å². The second kappa shape index (κ2) is 15.0. The van der Waals surface area contributed by atoms with Crippen LogP contribution in [0.1, 0.15) is 103 Å². The molecule has 2 aliphatic carbocycles. The SMILES string of the molecule is C=CCNC(=O)C(=O)C(CC1CC1)NC(=O)[C@@H]1C[C@@H](C(C)C)CN1C(=O)[C@@H](N1C(=O)[C@@H](NC(=O)c2cnccn2)C12CCCCC2)C(C)(C)C. The van der Waals surface area contributed by atoms with Gasteiger partial charge in [-0.2, -0.15) is 0 Å². The molecule has 1 spiro atoms. The fourth-order valence-corrected chi connectivity index (χ4v) is 8.02. The second-order valence-corrected chi connectivity index (χ2v) is 16.0. The highest BCUT2D eigenvalue weighted by atomic mass is 16.2. The molecule has 5 rings (SSSR count). The van der Waals surface area contributed by atoms with Crippen molar-refractivity contribution in [1.29, 1.82) is 0 Å². The zero-order chi connectivity index (χ0) is 36.4. The van der Waals surface area contributed by atoms with Crippen molar-refractivity contribution in [3.05, 3.63) is 36.9 Å². The Morgan fingerprint density at radius 1 is 1.08 bits per heavy atom. The van der Waals surface area contributed by atoms with Gasteiger partial charge in [-0.15, -0.1) is 6.58 Å². The number of hydrogen-bond acceptors (Lipinski definition) is 8. The van der Waals surface area contributed by atoms with Gasteiger partial charge in [0.25, 0.3) is 11.8 Å². The molecule has 1 aromatic rings. The number of nitrogens with zero attached hydrogens (tertiary/aromatic N) is 4. The number of nitrogens with one attached hydrogen (secondary N) is 3. The Bertz CT molecular complexity index is 1480. The Hall–Kier alpha value is -4.16. The summed E-state index contributed by atoms with van der Waals surface area (Å²) in [4.78, 5) is 93.7. The third kappa shape index (κ3) is 7.61. The average Bonchev–Trinajstić information content (AvgIpc) is 3.80. The predicted octanol–water partition coefficient (Wildman–Crippen LogP) is 2.56. The molecule has 0 aromatic carbocycles. The Morgan fingerprint density at radius 3 is 2.36 bits per heavy atom. The van der Waals surface area contributed by atoms with Crippen molar-refractivity contribution >= 4 is 35.3 Å². The lowest BCUT2D eigenvalue weighted by Gasteiger charge is -2.63. The van der Waals surface area contributed by atoms with Crippen molar-refractivity contribution in [3.63, 3.8) is 0 Å². The van der Waals surface area contributed by atoms with Crippen LogP contribution < -0.4 is 16.0 Å². The number of ketones is 1. The predicted molar refractivity (Wildman–Crippen MR) is 185 cm³/mol. The summed E-state index contributed by atoms with van der Waals surface area (Å²) in [6, 6.07) is -3.62. The van der Waals surface area contributed by atoms with Gasteiger partial charge in [0.1, 0.15) is 23.8 Å². The van der Waals surface area contributed by atoms with Crippen molar-refractivity contribution < 1.29 is 28.8 Å². The monoisotopic (exact) mass is 691 g/mol. The van der Waals surface area contributed by atoms with Crippen LogP contribution in [0.25, 0.3) is 0 Å². The molecule has 1 unspecified atom stereocenters. The number of Topliss-reactive ketones (excluding diaryl/α,β-unsaturated/α-hetero) is 1. The smallest absolute Gasteiger partial charge is 0.289 e. The molecule has 0 radical (unpaired) electrons. The van der Waals surface area contributed by atoms with Gasteiger partial charge in [0.15, 0.2) is 0 Å². The van der Waals surface area contributed by atoms with E-state index in [9.17, 15) is 28.8 Å². The number of aromatic nitrogens is 2. The van der Waals surface area contributed by atoms with Crippen molar-refractivity contribution in [2.24, 2.45) is 23.2 Å². The number of β-lactam (4-membered cyclic amide) rings is 1. The fraction of sp³-hybridized carbons (Fsp3) is 0.676. The molecule has 4 fully saturated rings. The lowest BCUT2D eigenvalue weighted by molar-refractivity contribution is -0.186. The van der Waals surface area contributed by atoms with Crippen LogP contribution in [0.4, 0.5) is 0 Å². The Kier molecular flexibility index (Phi) is 11.1. The average molecular weight is 692 g/mol. The zero-order valence-corrected chi connectivity index (χ0v) is 30.1. The van der Waals surface area contributed by atoms with Crippen molar-refractivity contribution in [3.8, 4) is 0 Å². The zero-order valence-electron chi connectivity index (χ0n) is 30.1. The standard InChI is InChI=1S/C37H53N7O6/c1-7-15-40-33(48)28(45)25(18-23-11-12-23)41-32(47)27-19-24(22(2)3)21-43(27)35(50)30(36(4,5)6)44-34(49)29(37(44)13-9-8-10-14-37)42-31(46)26-20-38-16-17-39-26/h7,16-17,20,22-25,27,29-30H,1,8-15,18-19,21H2,2-6H3,(H,40,48)(H,41,47)(H,42,46)/t24-,25?,27+,29-,30-/m1/s1. The Labute approximate surface area is 294 Å². The molecule has 3 N–H and O–H groups in total. The maximum atomic E-state index is 15.0. The molecule has 0 bridgehead atoms. The first-order valence-electron chi connectivity index (χ1n) is 18.1. The van der Waals surface area contributed by atoms with Crippen LogP contribution >= 0.6 is 0 Å². The quantitative estimate of drug-likeness (QED) is 0.161. The molecule has 50 heavy (non-hydrogen) atoms. The van der Waals surface area contributed by atoms with E-state index in [1.807, 2.05) is 20.8 Å². The largest absolute Gasteiger partial charge is 0.346 e. The van der Waals surface area contributed by atoms with Gasteiger partial charge >= 0.3 is 0 Å². The molecule has 5 amide bonds. The van der Waals surface area contributed by atoms with E-state index in [0.717, 1.165) is 32.1 Å². The highest BCUT2D eigenvalue weighted by Gasteiger charge is 2.65. The summed E-state index contributed by atoms with van der Waals surface area (Å²) in [5.41, 5.74) is -1.38. The van der Waals surface area contributed by atoms with Crippen LogP contribution in [0.5, 0.6) is 0 Å². The van der Waals surface area contributed by atoms with Gasteiger partial charge in [-0.3, -0.25) is 33.8 Å². The number of carbonyl (C=O) groups is 6. The molecule has 3 heterocycles. The first-order chi connectivity index (χ1) is 23.7. The summed E-state index contributed by atoms with van der Waals surface area (Å²) in [5, 5.41) is 8.31. The number of carbonyl (C=O) groups excluding carboxylic acids is 6. The van der Waals surface area contributed by atoms with Crippen molar-refractivity contribution in [1.82, 2.24) is 35.7 Å². The van der Waals surface area contributed by atoms with Gasteiger partial charge < -0.3 is 25.8 Å². The minimum atomic E-state index is -1.01. The second-order valence-electron chi connectivity index (χ2n) is 16.0. The molecule has 2 saturated heterocycles. The summed E-state index contributed by atoms with van der Waals surface area (Å²) >= 11 is 0. The van der Waals surface area contributed by atoms with E-state index in [-0.39, 0.29) is 41.8 Å². The molecule has 4 aliphatic rings. The first kappa shape index (κ1) is 37.1. The van der Waals surface area contributed by atoms with Crippen LogP contribution in [0, 0.1) is 23.2 Å².